The Morgan fingerprint density at radius 3 is 2.12 bits per heavy atom. The summed E-state index contributed by atoms with van der Waals surface area (Å²) in [6.07, 6.45) is -2.96. The average Bonchev–Trinajstić information content (AvgIpc) is 3.05. The third-order valence-corrected chi connectivity index (χ3v) is 9.15. The number of sulfonamides is 1. The summed E-state index contributed by atoms with van der Waals surface area (Å²) in [5.74, 6) is 0.134. The fraction of sp³-hybridized carbons (Fsp3) is 0.520. The number of aliphatic hydroxyl groups is 1. The molecule has 2 aliphatic rings. The van der Waals surface area contributed by atoms with Crippen molar-refractivity contribution in [3.8, 4) is 11.1 Å². The lowest BCUT2D eigenvalue weighted by Gasteiger charge is -2.40. The molecule has 0 aromatic heterocycles. The highest BCUT2D eigenvalue weighted by molar-refractivity contribution is 7.89. The third-order valence-electron chi connectivity index (χ3n) is 7.18. The highest BCUT2D eigenvalue weighted by Gasteiger charge is 2.51. The van der Waals surface area contributed by atoms with Crippen LogP contribution in [0.3, 0.4) is 0 Å². The molecular formula is C25H31F3N2O3S. The quantitative estimate of drug-likeness (QED) is 0.643. The van der Waals surface area contributed by atoms with Gasteiger partial charge in [-0.25, -0.2) is 8.42 Å². The van der Waals surface area contributed by atoms with E-state index in [2.05, 4.69) is 11.0 Å². The van der Waals surface area contributed by atoms with Gasteiger partial charge in [-0.15, -0.1) is 0 Å². The number of hydrogen-bond acceptors (Lipinski definition) is 4. The topological polar surface area (TPSA) is 60.9 Å². The van der Waals surface area contributed by atoms with Crippen LogP contribution in [0.1, 0.15) is 43.4 Å². The lowest BCUT2D eigenvalue weighted by Crippen LogP contribution is -2.55. The number of likely N-dealkylation sites (tertiary alicyclic amines) is 1. The van der Waals surface area contributed by atoms with E-state index in [0.29, 0.717) is 0 Å². The number of rotatable bonds is 6. The molecule has 186 valence electrons. The van der Waals surface area contributed by atoms with E-state index in [0.717, 1.165) is 61.7 Å². The van der Waals surface area contributed by atoms with Gasteiger partial charge in [0.15, 0.2) is 5.60 Å². The van der Waals surface area contributed by atoms with Gasteiger partial charge in [0.25, 0.3) is 0 Å². The molecule has 3 unspecified atom stereocenters. The zero-order valence-corrected chi connectivity index (χ0v) is 20.5. The molecule has 0 amide bonds. The van der Waals surface area contributed by atoms with E-state index in [9.17, 15) is 26.7 Å². The Morgan fingerprint density at radius 1 is 1.03 bits per heavy atom. The molecule has 5 nitrogen and oxygen atoms in total. The van der Waals surface area contributed by atoms with Gasteiger partial charge in [0, 0.05) is 31.7 Å². The predicted molar refractivity (Wildman–Crippen MR) is 126 cm³/mol. The molecule has 4 rings (SSSR count). The zero-order chi connectivity index (χ0) is 24.9. The van der Waals surface area contributed by atoms with Gasteiger partial charge >= 0.3 is 6.18 Å². The van der Waals surface area contributed by atoms with Crippen molar-refractivity contribution >= 4 is 10.0 Å². The number of benzene rings is 2. The van der Waals surface area contributed by atoms with E-state index in [1.54, 1.807) is 23.4 Å². The van der Waals surface area contributed by atoms with Crippen molar-refractivity contribution in [3.63, 3.8) is 0 Å². The molecule has 2 aromatic rings. The van der Waals surface area contributed by atoms with Gasteiger partial charge in [0.1, 0.15) is 0 Å². The number of hydrogen-bond donors (Lipinski definition) is 1. The van der Waals surface area contributed by atoms with Crippen LogP contribution in [-0.2, 0) is 22.2 Å². The molecule has 9 heteroatoms. The van der Waals surface area contributed by atoms with Crippen molar-refractivity contribution in [1.82, 2.24) is 9.21 Å². The molecule has 2 fully saturated rings. The third kappa shape index (κ3) is 4.63. The van der Waals surface area contributed by atoms with Gasteiger partial charge < -0.3 is 5.11 Å². The SMILES string of the molecule is CCS(=O)(=O)N1C2CCC1CN(Cc1ccc(-c3ccc(C(C)(O)C(F)(F)F)cc3)c(C)c1)C2. The maximum absolute atomic E-state index is 13.1. The first-order valence-corrected chi connectivity index (χ1v) is 13.2. The van der Waals surface area contributed by atoms with E-state index in [1.807, 2.05) is 19.1 Å². The molecule has 2 aromatic carbocycles. The normalized spacial score (nSPS) is 23.7. The minimum absolute atomic E-state index is 0.0384. The summed E-state index contributed by atoms with van der Waals surface area (Å²) in [6.45, 7) is 6.58. The molecule has 3 atom stereocenters. The molecule has 1 N–H and O–H groups in total. The second kappa shape index (κ2) is 8.93. The summed E-state index contributed by atoms with van der Waals surface area (Å²) < 4.78 is 66.0. The number of alkyl halides is 3. The molecule has 2 bridgehead atoms. The van der Waals surface area contributed by atoms with Crippen molar-refractivity contribution < 1.29 is 26.7 Å². The van der Waals surface area contributed by atoms with E-state index < -0.39 is 21.8 Å². The summed E-state index contributed by atoms with van der Waals surface area (Å²) in [4.78, 5) is 2.31. The summed E-state index contributed by atoms with van der Waals surface area (Å²) in [5, 5.41) is 9.88. The molecule has 0 saturated carbocycles. The van der Waals surface area contributed by atoms with Gasteiger partial charge in [-0.2, -0.15) is 17.5 Å². The number of halogens is 3. The predicted octanol–water partition coefficient (Wildman–Crippen LogP) is 4.43. The minimum Gasteiger partial charge on any atom is -0.376 e. The molecule has 34 heavy (non-hydrogen) atoms. The Labute approximate surface area is 199 Å². The van der Waals surface area contributed by atoms with Crippen LogP contribution in [0, 0.1) is 6.92 Å². The van der Waals surface area contributed by atoms with E-state index >= 15 is 0 Å². The second-order valence-corrected chi connectivity index (χ2v) is 11.8. The fourth-order valence-electron chi connectivity index (χ4n) is 5.23. The van der Waals surface area contributed by atoms with Crippen LogP contribution in [0.5, 0.6) is 0 Å². The minimum atomic E-state index is -4.75. The van der Waals surface area contributed by atoms with Crippen LogP contribution in [0.15, 0.2) is 42.5 Å². The van der Waals surface area contributed by atoms with Crippen molar-refractivity contribution in [2.45, 2.75) is 64.0 Å². The van der Waals surface area contributed by atoms with Gasteiger partial charge in [-0.3, -0.25) is 4.90 Å². The Kier molecular flexibility index (Phi) is 6.61. The fourth-order valence-corrected chi connectivity index (χ4v) is 6.78. The number of piperazine rings is 1. The summed E-state index contributed by atoms with van der Waals surface area (Å²) in [5.41, 5.74) is 0.719. The second-order valence-electron chi connectivity index (χ2n) is 9.61. The first-order valence-electron chi connectivity index (χ1n) is 11.6. The van der Waals surface area contributed by atoms with Crippen molar-refractivity contribution in [3.05, 3.63) is 59.2 Å². The van der Waals surface area contributed by atoms with E-state index in [4.69, 9.17) is 0 Å². The van der Waals surface area contributed by atoms with Crippen LogP contribution in [0.25, 0.3) is 11.1 Å². The maximum Gasteiger partial charge on any atom is 0.421 e. The van der Waals surface area contributed by atoms with E-state index in [1.165, 1.54) is 12.1 Å². The molecule has 2 heterocycles. The monoisotopic (exact) mass is 496 g/mol. The highest BCUT2D eigenvalue weighted by atomic mass is 32.2. The summed E-state index contributed by atoms with van der Waals surface area (Å²) in [6, 6.07) is 12.0. The van der Waals surface area contributed by atoms with Crippen LogP contribution in [0.4, 0.5) is 13.2 Å². The number of nitrogens with zero attached hydrogens (tertiary/aromatic N) is 2. The first-order chi connectivity index (χ1) is 15.8. The largest absolute Gasteiger partial charge is 0.421 e. The van der Waals surface area contributed by atoms with Crippen molar-refractivity contribution in [2.24, 2.45) is 0 Å². The average molecular weight is 497 g/mol. The molecule has 0 spiro atoms. The van der Waals surface area contributed by atoms with Crippen LogP contribution >= 0.6 is 0 Å². The molecular weight excluding hydrogens is 465 g/mol. The van der Waals surface area contributed by atoms with Gasteiger partial charge in [-0.1, -0.05) is 42.5 Å². The van der Waals surface area contributed by atoms with Gasteiger partial charge in [0.2, 0.25) is 10.0 Å². The zero-order valence-electron chi connectivity index (χ0n) is 19.6. The summed E-state index contributed by atoms with van der Waals surface area (Å²) >= 11 is 0. The van der Waals surface area contributed by atoms with Crippen LogP contribution in [-0.4, -0.2) is 59.8 Å². The molecule has 2 aliphatic heterocycles. The van der Waals surface area contributed by atoms with Crippen LogP contribution in [0.2, 0.25) is 0 Å². The standard InChI is InChI=1S/C25H31F3N2O3S/c1-4-34(32,33)30-21-10-11-22(30)16-29(15-21)14-18-5-12-23(17(2)13-18)19-6-8-20(9-7-19)24(3,31)25(26,27)28/h5-9,12-13,21-22,31H,4,10-11,14-16H2,1-3H3. The first kappa shape index (κ1) is 25.2. The lowest BCUT2D eigenvalue weighted by atomic mass is 9.92. The Bertz CT molecular complexity index is 1130. The summed E-state index contributed by atoms with van der Waals surface area (Å²) in [7, 11) is -3.19. The molecule has 0 radical (unpaired) electrons. The Balaban J connectivity index is 1.47. The Morgan fingerprint density at radius 2 is 1.62 bits per heavy atom. The highest BCUT2D eigenvalue weighted by Crippen LogP contribution is 2.39. The van der Waals surface area contributed by atoms with Gasteiger partial charge in [-0.05, 0) is 61.4 Å². The van der Waals surface area contributed by atoms with Crippen LogP contribution < -0.4 is 0 Å². The smallest absolute Gasteiger partial charge is 0.376 e. The maximum atomic E-state index is 13.1. The van der Waals surface area contributed by atoms with E-state index in [-0.39, 0.29) is 23.4 Å². The van der Waals surface area contributed by atoms with Gasteiger partial charge in [0.05, 0.1) is 5.75 Å². The molecule has 0 aliphatic carbocycles. The van der Waals surface area contributed by atoms with Crippen molar-refractivity contribution in [1.29, 1.82) is 0 Å². The number of aryl methyl sites for hydroxylation is 1. The number of fused-ring (bicyclic) bond motifs is 2. The Hall–Kier alpha value is -1.94. The lowest BCUT2D eigenvalue weighted by molar-refractivity contribution is -0.258. The van der Waals surface area contributed by atoms with Crippen molar-refractivity contribution in [2.75, 3.05) is 18.8 Å². The molecule has 2 saturated heterocycles.